The highest BCUT2D eigenvalue weighted by Crippen LogP contribution is 2.38. The molecule has 8 rings (SSSR count). The van der Waals surface area contributed by atoms with Crippen molar-refractivity contribution in [2.45, 2.75) is 39.9 Å². The van der Waals surface area contributed by atoms with Crippen molar-refractivity contribution in [3.05, 3.63) is 111 Å². The van der Waals surface area contributed by atoms with Gasteiger partial charge in [0.1, 0.15) is 58.0 Å². The molecule has 8 aromatic rings. The number of nitrogens with one attached hydrogen (secondary N) is 4. The summed E-state index contributed by atoms with van der Waals surface area (Å²) in [5.74, 6) is -3.04. The zero-order valence-corrected chi connectivity index (χ0v) is 44.0. The van der Waals surface area contributed by atoms with E-state index in [1.54, 1.807) is 20.8 Å². The molecular formula is C44H42BF6I3N10O6. The fourth-order valence-corrected chi connectivity index (χ4v) is 6.52. The smallest absolute Gasteiger partial charge is 0.326 e. The second kappa shape index (κ2) is 26.7. The number of aliphatic hydroxyl groups excluding tert-OH is 2. The summed E-state index contributed by atoms with van der Waals surface area (Å²) in [6, 6.07) is 13.5. The predicted molar refractivity (Wildman–Crippen MR) is 280 cm³/mol. The molecule has 0 saturated heterocycles. The number of H-pyrrole nitrogens is 2. The van der Waals surface area contributed by atoms with Gasteiger partial charge in [0, 0.05) is 30.8 Å². The van der Waals surface area contributed by atoms with Crippen LogP contribution in [0.4, 0.5) is 38.0 Å². The molecule has 70 heavy (non-hydrogen) atoms. The van der Waals surface area contributed by atoms with Crippen LogP contribution in [0.1, 0.15) is 27.7 Å². The largest absolute Gasteiger partial charge is 0.495 e. The summed E-state index contributed by atoms with van der Waals surface area (Å²) in [7, 11) is 5.44. The Balaban J connectivity index is 0.000000252. The molecule has 16 nitrogen and oxygen atoms in total. The number of aromatic nitrogens is 8. The molecule has 0 bridgehead atoms. The first kappa shape index (κ1) is 57.1. The Morgan fingerprint density at radius 2 is 1.03 bits per heavy atom. The van der Waals surface area contributed by atoms with Gasteiger partial charge in [0.2, 0.25) is 0 Å². The van der Waals surface area contributed by atoms with Gasteiger partial charge in [-0.3, -0.25) is 10.2 Å². The average molecular weight is 1310 g/mol. The number of rotatable bonds is 15. The molecule has 4 heterocycles. The van der Waals surface area contributed by atoms with Gasteiger partial charge in [-0.05, 0) is 111 Å². The highest BCUT2D eigenvalue weighted by molar-refractivity contribution is 14.1. The molecule has 4 aromatic heterocycles. The van der Waals surface area contributed by atoms with Crippen LogP contribution in [0, 0.1) is 38.6 Å². The van der Waals surface area contributed by atoms with Crippen molar-refractivity contribution < 1.29 is 55.5 Å². The fourth-order valence-electron chi connectivity index (χ4n) is 5.90. The summed E-state index contributed by atoms with van der Waals surface area (Å²) in [6.07, 6.45) is -1.32. The second-order valence-electron chi connectivity index (χ2n) is 14.2. The second-order valence-corrected chi connectivity index (χ2v) is 15.3. The van der Waals surface area contributed by atoms with Crippen LogP contribution in [0.3, 0.4) is 0 Å². The van der Waals surface area contributed by atoms with Crippen molar-refractivity contribution in [2.75, 3.05) is 36.9 Å². The summed E-state index contributed by atoms with van der Waals surface area (Å²) in [5, 5.41) is 39.9. The molecule has 0 saturated carbocycles. The van der Waals surface area contributed by atoms with E-state index in [0.717, 1.165) is 24.3 Å². The van der Waals surface area contributed by atoms with E-state index in [2.05, 4.69) is 51.0 Å². The number of benzene rings is 4. The Bertz CT molecular complexity index is 3020. The third-order valence-electron chi connectivity index (χ3n) is 8.84. The van der Waals surface area contributed by atoms with Crippen LogP contribution < -0.4 is 35.0 Å². The zero-order valence-electron chi connectivity index (χ0n) is 37.2. The molecule has 370 valence electrons. The van der Waals surface area contributed by atoms with Gasteiger partial charge in [0.25, 0.3) is 0 Å². The van der Waals surface area contributed by atoms with Crippen LogP contribution in [0.15, 0.2) is 72.8 Å². The lowest BCUT2D eigenvalue weighted by Gasteiger charge is -2.13. The SMILES string of the molecule is CCOc1ccc(F)cc1-c1[nH]nc2nc(Oc3ccc(F)cc3F)nc(NC[C@H](C)O)c12.C[C@H](O)CNc1nc(Oc2ccc(F)cc2F)nc2n[nH]c(I)c12.I.I.[B]c1cc(F)ccc1OCC. The predicted octanol–water partition coefficient (Wildman–Crippen LogP) is 9.50. The van der Waals surface area contributed by atoms with E-state index in [1.165, 1.54) is 36.4 Å². The highest BCUT2D eigenvalue weighted by atomic mass is 127. The number of halogens is 9. The molecule has 0 fully saturated rings. The number of hydrogen-bond acceptors (Lipinski definition) is 14. The fraction of sp³-hybridized carbons (Fsp3) is 0.227. The molecule has 0 amide bonds. The quantitative estimate of drug-likeness (QED) is 0.0321. The maximum atomic E-state index is 14.1. The first-order chi connectivity index (χ1) is 32.5. The van der Waals surface area contributed by atoms with Gasteiger partial charge in [-0.25, -0.2) is 26.3 Å². The standard InChI is InChI=1S/C22H20F3N5O3.C14H12F2IN5O2.C8H8BFO.2HI/c1-3-32-16-6-4-12(23)8-14(16)19-18-20(26-10-11(2)31)27-22(28-21(18)30-29-19)33-17-7-5-13(24)9-15(17)25;1-6(23)5-18-12-10-11(17)21-22-13(10)20-14(19-12)24-9-3-2-7(15)4-8(9)16;1-2-11-8-4-3-6(10)5-7(8)9;;/h4-9,11,31H,3,10H2,1-2H3,(H2,26,27,28,29,30);2-4,6,23H,5H2,1H3,(H2,18,19,20,21,22);3-5H,2H2,1H3;2*1H/t11-;6-;;;/m00.../s1. The summed E-state index contributed by atoms with van der Waals surface area (Å²) in [5.41, 5.74) is 1.56. The minimum absolute atomic E-state index is 0. The molecule has 0 aliphatic heterocycles. The van der Waals surface area contributed by atoms with Crippen LogP contribution in [0.5, 0.6) is 35.0 Å². The van der Waals surface area contributed by atoms with Crippen LogP contribution in [-0.4, -0.2) is 96.9 Å². The number of ether oxygens (including phenoxy) is 4. The Morgan fingerprint density at radius 3 is 1.51 bits per heavy atom. The number of aliphatic hydroxyl groups is 2. The molecule has 0 aliphatic rings. The lowest BCUT2D eigenvalue weighted by molar-refractivity contribution is 0.207. The Hall–Kier alpha value is -5.47. The molecular weight excluding hydrogens is 1270 g/mol. The molecule has 2 radical (unpaired) electrons. The van der Waals surface area contributed by atoms with E-state index in [9.17, 15) is 36.6 Å². The van der Waals surface area contributed by atoms with Crippen molar-refractivity contribution >= 4 is 118 Å². The third-order valence-corrected chi connectivity index (χ3v) is 9.63. The maximum Gasteiger partial charge on any atom is 0.326 e. The van der Waals surface area contributed by atoms with Gasteiger partial charge in [-0.15, -0.1) is 48.0 Å². The summed E-state index contributed by atoms with van der Waals surface area (Å²) < 4.78 is 103. The van der Waals surface area contributed by atoms with Gasteiger partial charge in [0.15, 0.2) is 34.4 Å². The van der Waals surface area contributed by atoms with E-state index >= 15 is 0 Å². The molecule has 2 atom stereocenters. The zero-order chi connectivity index (χ0) is 49.1. The van der Waals surface area contributed by atoms with Crippen LogP contribution in [0.2, 0.25) is 0 Å². The Labute approximate surface area is 444 Å². The highest BCUT2D eigenvalue weighted by Gasteiger charge is 2.22. The number of aromatic amines is 2. The molecule has 0 unspecified atom stereocenters. The number of nitrogens with zero attached hydrogens (tertiary/aromatic N) is 6. The third kappa shape index (κ3) is 15.3. The van der Waals surface area contributed by atoms with Gasteiger partial charge in [-0.2, -0.15) is 30.1 Å². The molecule has 0 spiro atoms. The first-order valence-corrected chi connectivity index (χ1v) is 21.5. The van der Waals surface area contributed by atoms with Crippen LogP contribution in [-0.2, 0) is 0 Å². The monoisotopic (exact) mass is 1310 g/mol. The van der Waals surface area contributed by atoms with Crippen LogP contribution in [0.25, 0.3) is 33.3 Å². The maximum absolute atomic E-state index is 14.1. The van der Waals surface area contributed by atoms with E-state index in [4.69, 9.17) is 26.8 Å². The lowest BCUT2D eigenvalue weighted by atomic mass is 9.95. The minimum atomic E-state index is -0.930. The van der Waals surface area contributed by atoms with E-state index in [1.807, 2.05) is 29.5 Å². The van der Waals surface area contributed by atoms with Gasteiger partial charge in [0.05, 0.1) is 41.9 Å². The number of hydrogen-bond donors (Lipinski definition) is 6. The average Bonchev–Trinajstić information content (AvgIpc) is 3.89. The Morgan fingerprint density at radius 1 is 0.600 bits per heavy atom. The van der Waals surface area contributed by atoms with E-state index in [-0.39, 0.29) is 102 Å². The summed E-state index contributed by atoms with van der Waals surface area (Å²) in [6.45, 7) is 8.10. The van der Waals surface area contributed by atoms with E-state index < -0.39 is 41.3 Å². The number of anilines is 2. The molecule has 0 aliphatic carbocycles. The lowest BCUT2D eigenvalue weighted by Crippen LogP contribution is -2.16. The summed E-state index contributed by atoms with van der Waals surface area (Å²) >= 11 is 2.04. The van der Waals surface area contributed by atoms with Gasteiger partial charge < -0.3 is 39.8 Å². The van der Waals surface area contributed by atoms with E-state index in [0.29, 0.717) is 79.5 Å². The van der Waals surface area contributed by atoms with Crippen molar-refractivity contribution in [3.63, 3.8) is 0 Å². The topological polar surface area (TPSA) is 210 Å². The molecule has 26 heteroatoms. The molecule has 4 aromatic carbocycles. The van der Waals surface area contributed by atoms with Crippen molar-refractivity contribution in [1.82, 2.24) is 40.3 Å². The van der Waals surface area contributed by atoms with Crippen LogP contribution >= 0.6 is 70.5 Å². The minimum Gasteiger partial charge on any atom is -0.495 e. The summed E-state index contributed by atoms with van der Waals surface area (Å²) in [4.78, 5) is 16.8. The van der Waals surface area contributed by atoms with Crippen molar-refractivity contribution in [2.24, 2.45) is 0 Å². The van der Waals surface area contributed by atoms with Crippen molar-refractivity contribution in [3.8, 4) is 46.3 Å². The van der Waals surface area contributed by atoms with Crippen molar-refractivity contribution in [1.29, 1.82) is 0 Å². The number of fused-ring (bicyclic) bond motifs is 2. The van der Waals surface area contributed by atoms with Gasteiger partial charge >= 0.3 is 12.0 Å². The molecule has 6 N–H and O–H groups in total. The normalized spacial score (nSPS) is 11.4. The van der Waals surface area contributed by atoms with Gasteiger partial charge in [-0.1, -0.05) is 5.46 Å². The Kier molecular flexibility index (Phi) is 21.8. The first-order valence-electron chi connectivity index (χ1n) is 20.4.